The van der Waals surface area contributed by atoms with Crippen LogP contribution in [0.5, 0.6) is 5.75 Å². The molecule has 1 N–H and O–H groups in total. The molecule has 0 saturated carbocycles. The third-order valence-electron chi connectivity index (χ3n) is 4.02. The maximum Gasteiger partial charge on any atom is 0.326 e. The molecule has 1 aromatic carbocycles. The SMILES string of the molecule is Cc1cc(COc2ccc(C(=O)N3CCCC3C(=O)O)cc2Br)on1. The Hall–Kier alpha value is -2.35. The van der Waals surface area contributed by atoms with Crippen LogP contribution in [0.1, 0.15) is 34.7 Å². The molecule has 1 aliphatic rings. The van der Waals surface area contributed by atoms with E-state index in [0.29, 0.717) is 40.9 Å². The standard InChI is InChI=1S/C17H17BrN2O5/c1-10-7-12(25-19-10)9-24-15-5-4-11(8-13(15)18)16(21)20-6-2-3-14(20)17(22)23/h4-5,7-8,14H,2-3,6,9H2,1H3,(H,22,23). The zero-order chi connectivity index (χ0) is 18.0. The quantitative estimate of drug-likeness (QED) is 0.816. The molecule has 8 heteroatoms. The van der Waals surface area contributed by atoms with Crippen LogP contribution in [0.4, 0.5) is 0 Å². The van der Waals surface area contributed by atoms with Gasteiger partial charge in [-0.1, -0.05) is 5.16 Å². The highest BCUT2D eigenvalue weighted by atomic mass is 79.9. The molecule has 132 valence electrons. The van der Waals surface area contributed by atoms with Crippen LogP contribution in [-0.2, 0) is 11.4 Å². The highest BCUT2D eigenvalue weighted by Crippen LogP contribution is 2.29. The van der Waals surface area contributed by atoms with Gasteiger partial charge >= 0.3 is 5.97 Å². The van der Waals surface area contributed by atoms with Crippen LogP contribution in [0.3, 0.4) is 0 Å². The van der Waals surface area contributed by atoms with E-state index < -0.39 is 12.0 Å². The molecule has 1 fully saturated rings. The minimum Gasteiger partial charge on any atom is -0.484 e. The lowest BCUT2D eigenvalue weighted by Gasteiger charge is -2.21. The average molecular weight is 409 g/mol. The summed E-state index contributed by atoms with van der Waals surface area (Å²) in [6, 6.07) is 5.97. The highest BCUT2D eigenvalue weighted by Gasteiger charge is 2.34. The first-order valence-corrected chi connectivity index (χ1v) is 8.63. The van der Waals surface area contributed by atoms with Crippen LogP contribution in [0, 0.1) is 6.92 Å². The molecular weight excluding hydrogens is 392 g/mol. The van der Waals surface area contributed by atoms with Crippen molar-refractivity contribution in [3.63, 3.8) is 0 Å². The van der Waals surface area contributed by atoms with Gasteiger partial charge in [0, 0.05) is 18.2 Å². The number of hydrogen-bond donors (Lipinski definition) is 1. The van der Waals surface area contributed by atoms with E-state index in [1.165, 1.54) is 4.90 Å². The molecule has 1 unspecified atom stereocenters. The van der Waals surface area contributed by atoms with E-state index in [1.54, 1.807) is 24.3 Å². The Bertz CT molecular complexity index is 804. The third-order valence-corrected chi connectivity index (χ3v) is 4.64. The minimum atomic E-state index is -0.966. The largest absolute Gasteiger partial charge is 0.484 e. The summed E-state index contributed by atoms with van der Waals surface area (Å²) in [6.07, 6.45) is 1.18. The molecule has 1 saturated heterocycles. The van der Waals surface area contributed by atoms with Gasteiger partial charge in [0.1, 0.15) is 18.4 Å². The number of carbonyl (C=O) groups excluding carboxylic acids is 1. The lowest BCUT2D eigenvalue weighted by atomic mass is 10.1. The van der Waals surface area contributed by atoms with E-state index in [2.05, 4.69) is 21.1 Å². The van der Waals surface area contributed by atoms with Gasteiger partial charge in [-0.05, 0) is 53.9 Å². The molecule has 0 aliphatic carbocycles. The Morgan fingerprint density at radius 2 is 2.24 bits per heavy atom. The number of benzene rings is 1. The van der Waals surface area contributed by atoms with Crippen LogP contribution < -0.4 is 4.74 Å². The van der Waals surface area contributed by atoms with E-state index >= 15 is 0 Å². The average Bonchev–Trinajstić information content (AvgIpc) is 3.22. The van der Waals surface area contributed by atoms with Crippen molar-refractivity contribution in [1.82, 2.24) is 10.1 Å². The monoisotopic (exact) mass is 408 g/mol. The molecule has 0 spiro atoms. The topological polar surface area (TPSA) is 92.9 Å². The van der Waals surface area contributed by atoms with Crippen molar-refractivity contribution < 1.29 is 24.0 Å². The maximum absolute atomic E-state index is 12.6. The number of rotatable bonds is 5. The van der Waals surface area contributed by atoms with Gasteiger partial charge in [0.25, 0.3) is 5.91 Å². The van der Waals surface area contributed by atoms with Gasteiger partial charge in [-0.15, -0.1) is 0 Å². The summed E-state index contributed by atoms with van der Waals surface area (Å²) < 4.78 is 11.4. The normalized spacial score (nSPS) is 16.9. The van der Waals surface area contributed by atoms with Crippen molar-refractivity contribution in [3.05, 3.63) is 45.8 Å². The molecule has 0 bridgehead atoms. The molecule has 1 aromatic heterocycles. The summed E-state index contributed by atoms with van der Waals surface area (Å²) in [7, 11) is 0. The number of aryl methyl sites for hydroxylation is 1. The number of aliphatic carboxylic acids is 1. The number of carboxylic acid groups (broad SMARTS) is 1. The first-order chi connectivity index (χ1) is 12.0. The molecule has 2 heterocycles. The van der Waals surface area contributed by atoms with Gasteiger partial charge in [0.2, 0.25) is 0 Å². The second-order valence-corrected chi connectivity index (χ2v) is 6.72. The molecule has 0 radical (unpaired) electrons. The number of ether oxygens (including phenoxy) is 1. The second-order valence-electron chi connectivity index (χ2n) is 5.86. The molecule has 1 amide bonds. The number of amides is 1. The Kier molecular flexibility index (Phi) is 5.08. The molecule has 25 heavy (non-hydrogen) atoms. The van der Waals surface area contributed by atoms with Gasteiger partial charge in [0.15, 0.2) is 5.76 Å². The number of aromatic nitrogens is 1. The third kappa shape index (κ3) is 3.84. The summed E-state index contributed by atoms with van der Waals surface area (Å²) in [4.78, 5) is 25.2. The van der Waals surface area contributed by atoms with Gasteiger partial charge in [-0.25, -0.2) is 4.79 Å². The van der Waals surface area contributed by atoms with Gasteiger partial charge in [-0.3, -0.25) is 4.79 Å². The molecule has 1 aliphatic heterocycles. The summed E-state index contributed by atoms with van der Waals surface area (Å²) in [5, 5.41) is 13.0. The number of halogens is 1. The predicted octanol–water partition coefficient (Wildman–Crippen LogP) is 3.01. The van der Waals surface area contributed by atoms with E-state index in [-0.39, 0.29) is 12.5 Å². The predicted molar refractivity (Wildman–Crippen MR) is 91.4 cm³/mol. The number of carboxylic acids is 1. The lowest BCUT2D eigenvalue weighted by Crippen LogP contribution is -2.40. The van der Waals surface area contributed by atoms with Crippen molar-refractivity contribution in [2.45, 2.75) is 32.4 Å². The van der Waals surface area contributed by atoms with Gasteiger partial charge in [0.05, 0.1) is 10.2 Å². The highest BCUT2D eigenvalue weighted by molar-refractivity contribution is 9.10. The van der Waals surface area contributed by atoms with Gasteiger partial charge in [-0.2, -0.15) is 0 Å². The van der Waals surface area contributed by atoms with E-state index in [9.17, 15) is 14.7 Å². The smallest absolute Gasteiger partial charge is 0.326 e. The van der Waals surface area contributed by atoms with Crippen LogP contribution in [0.15, 0.2) is 33.3 Å². The fourth-order valence-electron chi connectivity index (χ4n) is 2.82. The Morgan fingerprint density at radius 3 is 2.88 bits per heavy atom. The molecule has 3 rings (SSSR count). The first kappa shape index (κ1) is 17.5. The van der Waals surface area contributed by atoms with Crippen LogP contribution in [0.25, 0.3) is 0 Å². The Morgan fingerprint density at radius 1 is 1.44 bits per heavy atom. The molecule has 7 nitrogen and oxygen atoms in total. The van der Waals surface area contributed by atoms with Crippen molar-refractivity contribution in [2.75, 3.05) is 6.54 Å². The van der Waals surface area contributed by atoms with Crippen molar-refractivity contribution in [2.24, 2.45) is 0 Å². The number of nitrogens with zero attached hydrogens (tertiary/aromatic N) is 2. The van der Waals surface area contributed by atoms with Crippen molar-refractivity contribution in [1.29, 1.82) is 0 Å². The summed E-state index contributed by atoms with van der Waals surface area (Å²) in [6.45, 7) is 2.50. The summed E-state index contributed by atoms with van der Waals surface area (Å²) in [5.74, 6) is -0.0945. The maximum atomic E-state index is 12.6. The fraction of sp³-hybridized carbons (Fsp3) is 0.353. The van der Waals surface area contributed by atoms with Crippen molar-refractivity contribution in [3.8, 4) is 5.75 Å². The number of likely N-dealkylation sites (tertiary alicyclic amines) is 1. The van der Waals surface area contributed by atoms with E-state index in [0.717, 1.165) is 5.69 Å². The zero-order valence-corrected chi connectivity index (χ0v) is 15.2. The Labute approximate surface area is 152 Å². The Balaban J connectivity index is 1.70. The fourth-order valence-corrected chi connectivity index (χ4v) is 3.31. The first-order valence-electron chi connectivity index (χ1n) is 7.84. The second kappa shape index (κ2) is 7.26. The van der Waals surface area contributed by atoms with Crippen LogP contribution >= 0.6 is 15.9 Å². The van der Waals surface area contributed by atoms with E-state index in [1.807, 2.05) is 6.92 Å². The minimum absolute atomic E-state index is 0.222. The number of hydrogen-bond acceptors (Lipinski definition) is 5. The van der Waals surface area contributed by atoms with Crippen molar-refractivity contribution >= 4 is 27.8 Å². The molecular formula is C17H17BrN2O5. The zero-order valence-electron chi connectivity index (χ0n) is 13.6. The lowest BCUT2D eigenvalue weighted by molar-refractivity contribution is -0.141. The summed E-state index contributed by atoms with van der Waals surface area (Å²) >= 11 is 3.39. The molecule has 1 atom stereocenters. The number of carbonyl (C=O) groups is 2. The molecule has 2 aromatic rings. The van der Waals surface area contributed by atoms with Crippen LogP contribution in [-0.4, -0.2) is 39.6 Å². The summed E-state index contributed by atoms with van der Waals surface area (Å²) in [5.41, 5.74) is 1.19. The van der Waals surface area contributed by atoms with E-state index in [4.69, 9.17) is 9.26 Å². The van der Waals surface area contributed by atoms with Crippen LogP contribution in [0.2, 0.25) is 0 Å². The van der Waals surface area contributed by atoms with Gasteiger partial charge < -0.3 is 19.3 Å².